The van der Waals surface area contributed by atoms with Crippen LogP contribution >= 0.6 is 11.6 Å². The maximum absolute atomic E-state index is 13.4. The van der Waals surface area contributed by atoms with Gasteiger partial charge < -0.3 is 5.32 Å². The number of para-hydroxylation sites is 1. The zero-order chi connectivity index (χ0) is 11.5. The first-order chi connectivity index (χ1) is 7.66. The minimum absolute atomic E-state index is 0.276. The van der Waals surface area contributed by atoms with E-state index in [0.29, 0.717) is 10.7 Å². The molecule has 16 heavy (non-hydrogen) atoms. The van der Waals surface area contributed by atoms with Crippen LogP contribution < -0.4 is 5.32 Å². The molecule has 0 heterocycles. The minimum atomic E-state index is -0.276. The molecule has 2 rings (SSSR count). The number of rotatable bonds is 2. The molecule has 1 N–H and O–H groups in total. The molecule has 0 fully saturated rings. The molecule has 0 radical (unpaired) electrons. The Morgan fingerprint density at radius 2 is 1.81 bits per heavy atom. The summed E-state index contributed by atoms with van der Waals surface area (Å²) >= 11 is 5.89. The second-order valence-corrected chi connectivity index (χ2v) is 4.00. The Labute approximate surface area is 98.9 Å². The van der Waals surface area contributed by atoms with Crippen molar-refractivity contribution in [1.29, 1.82) is 0 Å². The largest absolute Gasteiger partial charge is 0.353 e. The summed E-state index contributed by atoms with van der Waals surface area (Å²) in [6.45, 7) is 1.94. The third kappa shape index (κ3) is 2.34. The Hall–Kier alpha value is -1.54. The number of hydrogen-bond acceptors (Lipinski definition) is 1. The molecular weight excluding hydrogens is 225 g/mol. The lowest BCUT2D eigenvalue weighted by molar-refractivity contribution is 0.632. The van der Waals surface area contributed by atoms with Crippen LogP contribution in [0.5, 0.6) is 0 Å². The van der Waals surface area contributed by atoms with Crippen molar-refractivity contribution in [3.05, 3.63) is 58.9 Å². The number of nitrogens with one attached hydrogen (secondary N) is 1. The van der Waals surface area contributed by atoms with Crippen LogP contribution in [0.4, 0.5) is 15.8 Å². The van der Waals surface area contributed by atoms with Crippen LogP contribution in [0.1, 0.15) is 5.56 Å². The van der Waals surface area contributed by atoms with Gasteiger partial charge in [-0.25, -0.2) is 4.39 Å². The average Bonchev–Trinajstić information content (AvgIpc) is 2.27. The molecule has 0 aliphatic rings. The molecule has 0 amide bonds. The molecule has 0 aromatic heterocycles. The Morgan fingerprint density at radius 3 is 2.56 bits per heavy atom. The Kier molecular flexibility index (Phi) is 3.11. The van der Waals surface area contributed by atoms with Gasteiger partial charge in [-0.05, 0) is 36.8 Å². The lowest BCUT2D eigenvalue weighted by Crippen LogP contribution is -1.95. The Balaban J connectivity index is 2.34. The van der Waals surface area contributed by atoms with Crippen LogP contribution in [0.15, 0.2) is 42.5 Å². The van der Waals surface area contributed by atoms with Crippen molar-refractivity contribution < 1.29 is 4.39 Å². The fourth-order valence-corrected chi connectivity index (χ4v) is 1.61. The molecule has 2 aromatic carbocycles. The second kappa shape index (κ2) is 4.54. The van der Waals surface area contributed by atoms with Crippen molar-refractivity contribution in [3.8, 4) is 0 Å². The molecule has 1 nitrogen and oxygen atoms in total. The van der Waals surface area contributed by atoms with Gasteiger partial charge in [-0.2, -0.15) is 0 Å². The lowest BCUT2D eigenvalue weighted by Gasteiger charge is -2.10. The topological polar surface area (TPSA) is 12.0 Å². The SMILES string of the molecule is Cc1ccc(Cl)cc1Nc1ccccc1F. The number of halogens is 2. The van der Waals surface area contributed by atoms with Crippen LogP contribution in [0, 0.1) is 12.7 Å². The molecule has 0 spiro atoms. The third-order valence-corrected chi connectivity index (χ3v) is 2.58. The summed E-state index contributed by atoms with van der Waals surface area (Å²) in [5, 5.41) is 3.65. The van der Waals surface area contributed by atoms with E-state index in [1.54, 1.807) is 24.3 Å². The van der Waals surface area contributed by atoms with Gasteiger partial charge in [0.05, 0.1) is 5.69 Å². The average molecular weight is 236 g/mol. The standard InChI is InChI=1S/C13H11ClFN/c1-9-6-7-10(14)8-13(9)16-12-5-3-2-4-11(12)15/h2-8,16H,1H3. The van der Waals surface area contributed by atoms with Gasteiger partial charge in [0.25, 0.3) is 0 Å². The molecule has 2 aromatic rings. The smallest absolute Gasteiger partial charge is 0.146 e. The monoisotopic (exact) mass is 235 g/mol. The van der Waals surface area contributed by atoms with E-state index in [4.69, 9.17) is 11.6 Å². The van der Waals surface area contributed by atoms with Crippen molar-refractivity contribution >= 4 is 23.0 Å². The van der Waals surface area contributed by atoms with Gasteiger partial charge >= 0.3 is 0 Å². The first-order valence-corrected chi connectivity index (χ1v) is 5.32. The predicted octanol–water partition coefficient (Wildman–Crippen LogP) is 4.53. The van der Waals surface area contributed by atoms with Gasteiger partial charge in [0, 0.05) is 10.7 Å². The fourth-order valence-electron chi connectivity index (χ4n) is 1.44. The normalized spacial score (nSPS) is 10.2. The van der Waals surface area contributed by atoms with Crippen LogP contribution in [0.3, 0.4) is 0 Å². The van der Waals surface area contributed by atoms with E-state index in [1.165, 1.54) is 6.07 Å². The number of aryl methyl sites for hydroxylation is 1. The van der Waals surface area contributed by atoms with Crippen molar-refractivity contribution in [3.63, 3.8) is 0 Å². The molecule has 0 unspecified atom stereocenters. The van der Waals surface area contributed by atoms with Crippen molar-refractivity contribution in [2.24, 2.45) is 0 Å². The summed E-state index contributed by atoms with van der Waals surface area (Å²) in [4.78, 5) is 0. The van der Waals surface area contributed by atoms with Crippen LogP contribution in [0.2, 0.25) is 5.02 Å². The maximum Gasteiger partial charge on any atom is 0.146 e. The highest BCUT2D eigenvalue weighted by molar-refractivity contribution is 6.30. The number of anilines is 2. The van der Waals surface area contributed by atoms with Crippen LogP contribution in [-0.2, 0) is 0 Å². The van der Waals surface area contributed by atoms with E-state index in [9.17, 15) is 4.39 Å². The molecule has 0 saturated carbocycles. The predicted molar refractivity (Wildman–Crippen MR) is 65.9 cm³/mol. The summed E-state index contributed by atoms with van der Waals surface area (Å²) in [7, 11) is 0. The summed E-state index contributed by atoms with van der Waals surface area (Å²) in [6, 6.07) is 12.0. The van der Waals surface area contributed by atoms with E-state index in [1.807, 2.05) is 19.1 Å². The highest BCUT2D eigenvalue weighted by Gasteiger charge is 2.03. The highest BCUT2D eigenvalue weighted by atomic mass is 35.5. The highest BCUT2D eigenvalue weighted by Crippen LogP contribution is 2.25. The maximum atomic E-state index is 13.4. The zero-order valence-electron chi connectivity index (χ0n) is 8.80. The molecule has 3 heteroatoms. The Bertz CT molecular complexity index is 511. The van der Waals surface area contributed by atoms with Crippen molar-refractivity contribution in [2.45, 2.75) is 6.92 Å². The summed E-state index contributed by atoms with van der Waals surface area (Å²) < 4.78 is 13.4. The van der Waals surface area contributed by atoms with Gasteiger partial charge in [0.1, 0.15) is 5.82 Å². The second-order valence-electron chi connectivity index (χ2n) is 3.56. The molecular formula is C13H11ClFN. The first-order valence-electron chi connectivity index (χ1n) is 4.94. The Morgan fingerprint density at radius 1 is 1.06 bits per heavy atom. The van der Waals surface area contributed by atoms with Crippen molar-refractivity contribution in [2.75, 3.05) is 5.32 Å². The third-order valence-electron chi connectivity index (χ3n) is 2.34. The molecule has 82 valence electrons. The zero-order valence-corrected chi connectivity index (χ0v) is 9.55. The van der Waals surface area contributed by atoms with Crippen LogP contribution in [-0.4, -0.2) is 0 Å². The van der Waals surface area contributed by atoms with Gasteiger partial charge in [0.15, 0.2) is 0 Å². The summed E-state index contributed by atoms with van der Waals surface area (Å²) in [6.07, 6.45) is 0. The number of hydrogen-bond donors (Lipinski definition) is 1. The summed E-state index contributed by atoms with van der Waals surface area (Å²) in [5.74, 6) is -0.276. The molecule has 0 atom stereocenters. The van der Waals surface area contributed by atoms with E-state index in [-0.39, 0.29) is 5.82 Å². The molecule has 0 bridgehead atoms. The van der Waals surface area contributed by atoms with Gasteiger partial charge in [-0.1, -0.05) is 29.8 Å². The van der Waals surface area contributed by atoms with E-state index in [2.05, 4.69) is 5.32 Å². The lowest BCUT2D eigenvalue weighted by atomic mass is 10.2. The van der Waals surface area contributed by atoms with E-state index >= 15 is 0 Å². The number of benzene rings is 2. The van der Waals surface area contributed by atoms with Crippen LogP contribution in [0.25, 0.3) is 0 Å². The van der Waals surface area contributed by atoms with E-state index in [0.717, 1.165) is 11.3 Å². The van der Waals surface area contributed by atoms with Gasteiger partial charge in [0.2, 0.25) is 0 Å². The van der Waals surface area contributed by atoms with Gasteiger partial charge in [-0.3, -0.25) is 0 Å². The molecule has 0 aliphatic heterocycles. The molecule has 0 aliphatic carbocycles. The van der Waals surface area contributed by atoms with Gasteiger partial charge in [-0.15, -0.1) is 0 Å². The first kappa shape index (κ1) is 11.0. The van der Waals surface area contributed by atoms with E-state index < -0.39 is 0 Å². The summed E-state index contributed by atoms with van der Waals surface area (Å²) in [5.41, 5.74) is 2.29. The fraction of sp³-hybridized carbons (Fsp3) is 0.0769. The minimum Gasteiger partial charge on any atom is -0.353 e. The van der Waals surface area contributed by atoms with Crippen molar-refractivity contribution in [1.82, 2.24) is 0 Å². The molecule has 0 saturated heterocycles. The quantitative estimate of drug-likeness (QED) is 0.806.